The summed E-state index contributed by atoms with van der Waals surface area (Å²) < 4.78 is 50.7. The van der Waals surface area contributed by atoms with Gasteiger partial charge in [-0.2, -0.15) is 0 Å². The lowest BCUT2D eigenvalue weighted by molar-refractivity contribution is 0.000581. The highest BCUT2D eigenvalue weighted by molar-refractivity contribution is 7.48. The van der Waals surface area contributed by atoms with Crippen molar-refractivity contribution >= 4 is 13.8 Å². The molecule has 8 nitrogen and oxygen atoms in total. The summed E-state index contributed by atoms with van der Waals surface area (Å²) in [7, 11) is -4.08. The Morgan fingerprint density at radius 3 is 2.18 bits per heavy atom. The molecule has 2 rings (SSSR count). The van der Waals surface area contributed by atoms with E-state index in [2.05, 4.69) is 0 Å². The van der Waals surface area contributed by atoms with Gasteiger partial charge >= 0.3 is 13.8 Å². The highest BCUT2D eigenvalue weighted by atomic mass is 31.2. The third-order valence-electron chi connectivity index (χ3n) is 4.24. The molecule has 0 radical (unpaired) electrons. The number of carbonyl (C=O) groups is 1. The third kappa shape index (κ3) is 7.60. The SMILES string of the molecule is CCOC(=O)c1c(C)ccn(-c2ccc(F)c(COP(=O)(OC(C)(C)C)OC(C)(C)C)c2)c1=O. The van der Waals surface area contributed by atoms with Crippen LogP contribution in [-0.2, 0) is 29.5 Å². The van der Waals surface area contributed by atoms with E-state index in [4.69, 9.17) is 18.3 Å². The highest BCUT2D eigenvalue weighted by Crippen LogP contribution is 2.56. The van der Waals surface area contributed by atoms with Gasteiger partial charge in [-0.3, -0.25) is 22.9 Å². The molecule has 0 N–H and O–H groups in total. The minimum Gasteiger partial charge on any atom is -0.462 e. The zero-order chi connectivity index (χ0) is 25.9. The number of ether oxygens (including phenoxy) is 1. The van der Waals surface area contributed by atoms with E-state index in [9.17, 15) is 18.5 Å². The Hall–Kier alpha value is -2.32. The lowest BCUT2D eigenvalue weighted by Gasteiger charge is -2.31. The summed E-state index contributed by atoms with van der Waals surface area (Å²) in [6, 6.07) is 5.52. The van der Waals surface area contributed by atoms with Crippen molar-refractivity contribution in [3.05, 3.63) is 63.3 Å². The molecular weight excluding hydrogens is 464 g/mol. The van der Waals surface area contributed by atoms with Crippen LogP contribution in [0.15, 0.2) is 35.3 Å². The topological polar surface area (TPSA) is 93.1 Å². The summed E-state index contributed by atoms with van der Waals surface area (Å²) >= 11 is 0. The average molecular weight is 498 g/mol. The molecule has 2 aromatic rings. The number of phosphoric ester groups is 1. The van der Waals surface area contributed by atoms with Gasteiger partial charge in [0, 0.05) is 17.4 Å². The van der Waals surface area contributed by atoms with Gasteiger partial charge in [-0.1, -0.05) is 0 Å². The summed E-state index contributed by atoms with van der Waals surface area (Å²) in [6.45, 7) is 13.1. The molecule has 0 bridgehead atoms. The van der Waals surface area contributed by atoms with Crippen LogP contribution in [0.5, 0.6) is 0 Å². The van der Waals surface area contributed by atoms with Crippen molar-refractivity contribution < 1.29 is 32.1 Å². The second kappa shape index (κ2) is 10.5. The van der Waals surface area contributed by atoms with Crippen LogP contribution in [0.1, 0.15) is 70.0 Å². The van der Waals surface area contributed by atoms with Gasteiger partial charge in [0.05, 0.1) is 24.4 Å². The number of pyridine rings is 1. The molecule has 34 heavy (non-hydrogen) atoms. The number of benzene rings is 1. The monoisotopic (exact) mass is 497 g/mol. The minimum absolute atomic E-state index is 0.0258. The first-order chi connectivity index (χ1) is 15.6. The Morgan fingerprint density at radius 2 is 1.65 bits per heavy atom. The zero-order valence-corrected chi connectivity index (χ0v) is 21.8. The first-order valence-electron chi connectivity index (χ1n) is 10.9. The fraction of sp³-hybridized carbons (Fsp3) is 0.500. The minimum atomic E-state index is -4.08. The molecule has 0 aliphatic carbocycles. The van der Waals surface area contributed by atoms with Crippen LogP contribution in [0.2, 0.25) is 0 Å². The number of hydrogen-bond donors (Lipinski definition) is 0. The van der Waals surface area contributed by atoms with Crippen LogP contribution < -0.4 is 5.56 Å². The lowest BCUT2D eigenvalue weighted by Crippen LogP contribution is -2.27. The van der Waals surface area contributed by atoms with E-state index < -0.39 is 43.0 Å². The second-order valence-electron chi connectivity index (χ2n) is 9.67. The van der Waals surface area contributed by atoms with Crippen LogP contribution >= 0.6 is 7.82 Å². The van der Waals surface area contributed by atoms with Crippen molar-refractivity contribution in [1.82, 2.24) is 4.57 Å². The maximum Gasteiger partial charge on any atom is 0.476 e. The first-order valence-corrected chi connectivity index (χ1v) is 12.4. The molecule has 0 atom stereocenters. The number of aromatic nitrogens is 1. The molecule has 0 fully saturated rings. The quantitative estimate of drug-likeness (QED) is 0.340. The number of aryl methyl sites for hydroxylation is 1. The Labute approximate surface area is 199 Å². The molecule has 0 saturated heterocycles. The molecule has 1 aromatic carbocycles. The van der Waals surface area contributed by atoms with Gasteiger partial charge in [0.25, 0.3) is 5.56 Å². The smallest absolute Gasteiger partial charge is 0.462 e. The van der Waals surface area contributed by atoms with Crippen molar-refractivity contribution in [3.8, 4) is 5.69 Å². The number of carbonyl (C=O) groups excluding carboxylic acids is 1. The van der Waals surface area contributed by atoms with E-state index in [1.807, 2.05) is 0 Å². The molecule has 10 heteroatoms. The average Bonchev–Trinajstić information content (AvgIpc) is 2.65. The number of hydrogen-bond acceptors (Lipinski definition) is 7. The maximum absolute atomic E-state index is 14.6. The number of halogens is 1. The zero-order valence-electron chi connectivity index (χ0n) is 20.9. The van der Waals surface area contributed by atoms with E-state index >= 15 is 0 Å². The molecule has 0 amide bonds. The maximum atomic E-state index is 14.6. The van der Waals surface area contributed by atoms with Crippen molar-refractivity contribution in [2.45, 2.75) is 73.2 Å². The molecule has 188 valence electrons. The Morgan fingerprint density at radius 1 is 1.06 bits per heavy atom. The highest BCUT2D eigenvalue weighted by Gasteiger charge is 2.37. The van der Waals surface area contributed by atoms with E-state index in [1.165, 1.54) is 22.9 Å². The van der Waals surface area contributed by atoms with Crippen molar-refractivity contribution in [3.63, 3.8) is 0 Å². The molecular formula is C24H33FNO7P. The van der Waals surface area contributed by atoms with E-state index in [1.54, 1.807) is 61.5 Å². The largest absolute Gasteiger partial charge is 0.476 e. The summed E-state index contributed by atoms with van der Waals surface area (Å²) in [4.78, 5) is 25.2. The van der Waals surface area contributed by atoms with E-state index in [-0.39, 0.29) is 17.7 Å². The van der Waals surface area contributed by atoms with Gasteiger partial charge in [-0.15, -0.1) is 0 Å². The van der Waals surface area contributed by atoms with Crippen LogP contribution in [0.25, 0.3) is 5.69 Å². The number of nitrogens with zero attached hydrogens (tertiary/aromatic N) is 1. The molecule has 1 aromatic heterocycles. The summed E-state index contributed by atoms with van der Waals surface area (Å²) in [5, 5.41) is 0. The molecule has 0 aliphatic heterocycles. The van der Waals surface area contributed by atoms with Gasteiger partial charge in [-0.25, -0.2) is 13.8 Å². The molecule has 0 saturated carbocycles. The van der Waals surface area contributed by atoms with E-state index in [0.29, 0.717) is 11.3 Å². The van der Waals surface area contributed by atoms with Gasteiger partial charge in [0.15, 0.2) is 0 Å². The molecule has 0 unspecified atom stereocenters. The number of rotatable bonds is 8. The van der Waals surface area contributed by atoms with Gasteiger partial charge in [0.2, 0.25) is 0 Å². The third-order valence-corrected chi connectivity index (χ3v) is 6.23. The van der Waals surface area contributed by atoms with Gasteiger partial charge < -0.3 is 4.74 Å². The summed E-state index contributed by atoms with van der Waals surface area (Å²) in [6.07, 6.45) is 1.48. The molecule has 0 spiro atoms. The first kappa shape index (κ1) is 27.9. The Bertz CT molecular complexity index is 1130. The van der Waals surface area contributed by atoms with Crippen molar-refractivity contribution in [2.24, 2.45) is 0 Å². The van der Waals surface area contributed by atoms with Crippen LogP contribution in [0, 0.1) is 12.7 Å². The van der Waals surface area contributed by atoms with Gasteiger partial charge in [0.1, 0.15) is 11.4 Å². The predicted octanol–water partition coefficient (Wildman–Crippen LogP) is 5.72. The fourth-order valence-electron chi connectivity index (χ4n) is 2.99. The summed E-state index contributed by atoms with van der Waals surface area (Å²) in [5.41, 5.74) is -1.62. The summed E-state index contributed by atoms with van der Waals surface area (Å²) in [5.74, 6) is -1.36. The van der Waals surface area contributed by atoms with Crippen LogP contribution in [-0.4, -0.2) is 28.3 Å². The Balaban J connectivity index is 2.42. The van der Waals surface area contributed by atoms with Crippen molar-refractivity contribution in [1.29, 1.82) is 0 Å². The Kier molecular flexibility index (Phi) is 8.64. The van der Waals surface area contributed by atoms with E-state index in [0.717, 1.165) is 6.07 Å². The second-order valence-corrected chi connectivity index (χ2v) is 11.2. The lowest BCUT2D eigenvalue weighted by atomic mass is 10.1. The van der Waals surface area contributed by atoms with Crippen LogP contribution in [0.3, 0.4) is 0 Å². The molecule has 1 heterocycles. The van der Waals surface area contributed by atoms with Gasteiger partial charge in [-0.05, 0) is 85.2 Å². The number of phosphoric acid groups is 1. The van der Waals surface area contributed by atoms with Crippen molar-refractivity contribution in [2.75, 3.05) is 6.61 Å². The fourth-order valence-corrected chi connectivity index (χ4v) is 4.78. The normalized spacial score (nSPS) is 12.6. The molecule has 0 aliphatic rings. The standard InChI is InChI=1S/C24H33FNO7P/c1-9-30-22(28)20-16(2)12-13-26(21(20)27)18-10-11-19(25)17(14-18)15-31-34(29,32-23(3,4)5)33-24(6,7)8/h10-14H,9,15H2,1-8H3. The number of esters is 1. The predicted molar refractivity (Wildman–Crippen MR) is 127 cm³/mol. The van der Waals surface area contributed by atoms with Crippen LogP contribution in [0.4, 0.5) is 4.39 Å².